The van der Waals surface area contributed by atoms with Crippen LogP contribution in [0.5, 0.6) is 0 Å². The molecule has 1 aromatic heterocycles. The van der Waals surface area contributed by atoms with Gasteiger partial charge in [-0.3, -0.25) is 0 Å². The third-order valence-corrected chi connectivity index (χ3v) is 5.01. The number of fused-ring (bicyclic) bond motifs is 1. The van der Waals surface area contributed by atoms with E-state index in [1.807, 2.05) is 12.1 Å². The Morgan fingerprint density at radius 1 is 1.33 bits per heavy atom. The van der Waals surface area contributed by atoms with Crippen molar-refractivity contribution in [2.75, 3.05) is 6.54 Å². The van der Waals surface area contributed by atoms with Crippen LogP contribution in [-0.4, -0.2) is 25.7 Å². The fourth-order valence-electron chi connectivity index (χ4n) is 2.33. The van der Waals surface area contributed by atoms with Gasteiger partial charge >= 0.3 is 0 Å². The Bertz CT molecular complexity index is 725. The molecule has 3 N–H and O–H groups in total. The molecule has 0 saturated heterocycles. The molecule has 21 heavy (non-hydrogen) atoms. The summed E-state index contributed by atoms with van der Waals surface area (Å²) in [6, 6.07) is 7.20. The van der Waals surface area contributed by atoms with Crippen molar-refractivity contribution in [2.45, 2.75) is 30.6 Å². The number of halogens is 1. The van der Waals surface area contributed by atoms with Crippen molar-refractivity contribution in [3.05, 3.63) is 30.0 Å². The Morgan fingerprint density at radius 2 is 2.05 bits per heavy atom. The molecule has 0 atom stereocenters. The van der Waals surface area contributed by atoms with E-state index in [0.29, 0.717) is 11.3 Å². The van der Waals surface area contributed by atoms with Gasteiger partial charge in [-0.25, -0.2) is 13.1 Å². The average molecular weight is 332 g/mol. The lowest BCUT2D eigenvalue weighted by Crippen LogP contribution is -2.55. The topological polar surface area (TPSA) is 98.2 Å². The molecule has 1 aliphatic rings. The summed E-state index contributed by atoms with van der Waals surface area (Å²) >= 11 is 0. The first-order valence-corrected chi connectivity index (χ1v) is 8.22. The van der Waals surface area contributed by atoms with Crippen LogP contribution in [0.4, 0.5) is 0 Å². The summed E-state index contributed by atoms with van der Waals surface area (Å²) in [6.45, 7) is 0.283. The van der Waals surface area contributed by atoms with E-state index in [9.17, 15) is 8.42 Å². The molecule has 116 valence electrons. The number of rotatable bonds is 5. The van der Waals surface area contributed by atoms with Crippen LogP contribution in [0.15, 0.2) is 28.8 Å². The number of nitrogens with two attached hydrogens (primary N) is 1. The van der Waals surface area contributed by atoms with Gasteiger partial charge in [-0.15, -0.1) is 12.4 Å². The van der Waals surface area contributed by atoms with E-state index in [1.165, 1.54) is 0 Å². The van der Waals surface area contributed by atoms with Crippen LogP contribution >= 0.6 is 12.4 Å². The molecular weight excluding hydrogens is 314 g/mol. The van der Waals surface area contributed by atoms with Crippen molar-refractivity contribution in [1.29, 1.82) is 0 Å². The molecule has 8 heteroatoms. The molecule has 1 aromatic carbocycles. The summed E-state index contributed by atoms with van der Waals surface area (Å²) in [5.41, 5.74) is 6.65. The first-order chi connectivity index (χ1) is 9.48. The van der Waals surface area contributed by atoms with Crippen molar-refractivity contribution < 1.29 is 12.9 Å². The second-order valence-corrected chi connectivity index (χ2v) is 7.23. The zero-order valence-electron chi connectivity index (χ0n) is 11.4. The van der Waals surface area contributed by atoms with E-state index < -0.39 is 10.0 Å². The molecular formula is C13H18ClN3O3S. The third kappa shape index (κ3) is 3.55. The second kappa shape index (κ2) is 5.92. The van der Waals surface area contributed by atoms with Crippen LogP contribution in [0, 0.1) is 0 Å². The number of hydrogen-bond acceptors (Lipinski definition) is 5. The summed E-state index contributed by atoms with van der Waals surface area (Å²) < 4.78 is 31.8. The summed E-state index contributed by atoms with van der Waals surface area (Å²) in [7, 11) is -3.46. The van der Waals surface area contributed by atoms with Gasteiger partial charge in [0.15, 0.2) is 5.58 Å². The maximum Gasteiger partial charge on any atom is 0.217 e. The number of benzene rings is 1. The fraction of sp³-hybridized carbons (Fsp3) is 0.462. The number of hydrogen-bond donors (Lipinski definition) is 2. The molecule has 1 aliphatic carbocycles. The maximum absolute atomic E-state index is 12.1. The summed E-state index contributed by atoms with van der Waals surface area (Å²) in [5.74, 6) is -0.194. The predicted molar refractivity (Wildman–Crippen MR) is 82.7 cm³/mol. The van der Waals surface area contributed by atoms with E-state index in [-0.39, 0.29) is 30.2 Å². The molecule has 0 radical (unpaired) electrons. The Morgan fingerprint density at radius 3 is 2.71 bits per heavy atom. The van der Waals surface area contributed by atoms with Crippen LogP contribution in [0.25, 0.3) is 11.0 Å². The highest BCUT2D eigenvalue weighted by Gasteiger charge is 2.33. The highest BCUT2D eigenvalue weighted by atomic mass is 35.5. The lowest BCUT2D eigenvalue weighted by molar-refractivity contribution is 0.251. The summed E-state index contributed by atoms with van der Waals surface area (Å²) in [5, 5.41) is 4.56. The molecule has 0 aliphatic heterocycles. The van der Waals surface area contributed by atoms with Crippen molar-refractivity contribution in [3.63, 3.8) is 0 Å². The van der Waals surface area contributed by atoms with Crippen molar-refractivity contribution in [2.24, 2.45) is 5.73 Å². The largest absolute Gasteiger partial charge is 0.356 e. The van der Waals surface area contributed by atoms with Crippen LogP contribution < -0.4 is 10.5 Å². The molecule has 0 spiro atoms. The predicted octanol–water partition coefficient (Wildman–Crippen LogP) is 1.55. The first-order valence-electron chi connectivity index (χ1n) is 6.57. The molecule has 3 rings (SSSR count). The van der Waals surface area contributed by atoms with Crippen molar-refractivity contribution >= 4 is 33.4 Å². The van der Waals surface area contributed by atoms with Crippen LogP contribution in [0.1, 0.15) is 25.0 Å². The Balaban J connectivity index is 0.00000161. The zero-order valence-corrected chi connectivity index (χ0v) is 13.0. The standard InChI is InChI=1S/C13H17N3O3S.ClH/c14-13(6-3-7-13)9-15-20(17,18)8-11-10-4-1-2-5-12(10)19-16-11;/h1-2,4-5,15H,3,6-9,14H2;1H. The van der Waals surface area contributed by atoms with Crippen molar-refractivity contribution in [3.8, 4) is 0 Å². The van der Waals surface area contributed by atoms with Gasteiger partial charge in [0.1, 0.15) is 11.4 Å². The summed E-state index contributed by atoms with van der Waals surface area (Å²) in [6.07, 6.45) is 2.79. The van der Waals surface area contributed by atoms with Gasteiger partial charge in [-0.05, 0) is 31.4 Å². The van der Waals surface area contributed by atoms with Crippen LogP contribution in [0.3, 0.4) is 0 Å². The number of nitrogens with one attached hydrogen (secondary N) is 1. The third-order valence-electron chi connectivity index (χ3n) is 3.77. The van der Waals surface area contributed by atoms with Gasteiger partial charge in [0.25, 0.3) is 0 Å². The molecule has 0 amide bonds. The Kier molecular flexibility index (Phi) is 4.57. The van der Waals surface area contributed by atoms with Gasteiger partial charge in [0, 0.05) is 17.5 Å². The van der Waals surface area contributed by atoms with Gasteiger partial charge in [-0.1, -0.05) is 17.3 Å². The van der Waals surface area contributed by atoms with E-state index in [0.717, 1.165) is 24.6 Å². The molecule has 2 aromatic rings. The maximum atomic E-state index is 12.1. The first kappa shape index (κ1) is 16.2. The minimum Gasteiger partial charge on any atom is -0.356 e. The molecule has 0 unspecified atom stereocenters. The number of sulfonamides is 1. The van der Waals surface area contributed by atoms with E-state index >= 15 is 0 Å². The number of aromatic nitrogens is 1. The van der Waals surface area contributed by atoms with E-state index in [4.69, 9.17) is 10.3 Å². The summed E-state index contributed by atoms with van der Waals surface area (Å²) in [4.78, 5) is 0. The van der Waals surface area contributed by atoms with Crippen LogP contribution in [-0.2, 0) is 15.8 Å². The second-order valence-electron chi connectivity index (χ2n) is 5.42. The normalized spacial score (nSPS) is 17.2. The Hall–Kier alpha value is -1.15. The zero-order chi connectivity index (χ0) is 14.2. The van der Waals surface area contributed by atoms with Gasteiger partial charge in [-0.2, -0.15) is 0 Å². The smallest absolute Gasteiger partial charge is 0.217 e. The molecule has 1 heterocycles. The van der Waals surface area contributed by atoms with Gasteiger partial charge < -0.3 is 10.3 Å². The lowest BCUT2D eigenvalue weighted by Gasteiger charge is -2.37. The molecule has 1 saturated carbocycles. The minimum atomic E-state index is -3.46. The Labute approximate surface area is 129 Å². The highest BCUT2D eigenvalue weighted by molar-refractivity contribution is 7.88. The number of nitrogens with zero attached hydrogens (tertiary/aromatic N) is 1. The van der Waals surface area contributed by atoms with E-state index in [2.05, 4.69) is 9.88 Å². The number of para-hydroxylation sites is 1. The quantitative estimate of drug-likeness (QED) is 0.866. The van der Waals surface area contributed by atoms with E-state index in [1.54, 1.807) is 12.1 Å². The molecule has 0 bridgehead atoms. The SMILES string of the molecule is Cl.NC1(CNS(=O)(=O)Cc2noc3ccccc23)CCC1. The minimum absolute atomic E-state index is 0. The fourth-order valence-corrected chi connectivity index (χ4v) is 3.51. The monoisotopic (exact) mass is 331 g/mol. The van der Waals surface area contributed by atoms with Gasteiger partial charge in [0.05, 0.1) is 0 Å². The molecule has 6 nitrogen and oxygen atoms in total. The lowest BCUT2D eigenvalue weighted by atomic mass is 9.78. The average Bonchev–Trinajstić information content (AvgIpc) is 2.77. The van der Waals surface area contributed by atoms with Crippen molar-refractivity contribution in [1.82, 2.24) is 9.88 Å². The van der Waals surface area contributed by atoms with Gasteiger partial charge in [0.2, 0.25) is 10.0 Å². The molecule has 1 fully saturated rings. The highest BCUT2D eigenvalue weighted by Crippen LogP contribution is 2.28. The van der Waals surface area contributed by atoms with Crippen LogP contribution in [0.2, 0.25) is 0 Å².